The second kappa shape index (κ2) is 5.17. The van der Waals surface area contributed by atoms with Crippen molar-refractivity contribution < 1.29 is 4.39 Å². The van der Waals surface area contributed by atoms with Gasteiger partial charge >= 0.3 is 0 Å². The van der Waals surface area contributed by atoms with Crippen LogP contribution in [-0.4, -0.2) is 4.98 Å². The van der Waals surface area contributed by atoms with Gasteiger partial charge in [-0.2, -0.15) is 0 Å². The van der Waals surface area contributed by atoms with Crippen LogP contribution in [0, 0.1) is 5.82 Å². The molecular formula is C16H14FN3. The Morgan fingerprint density at radius 1 is 1.10 bits per heavy atom. The van der Waals surface area contributed by atoms with Gasteiger partial charge in [0.2, 0.25) is 0 Å². The summed E-state index contributed by atoms with van der Waals surface area (Å²) in [5.41, 5.74) is 8.94. The number of nitrogens with one attached hydrogen (secondary N) is 1. The number of anilines is 2. The molecule has 100 valence electrons. The van der Waals surface area contributed by atoms with E-state index in [1.54, 1.807) is 12.3 Å². The first-order valence-corrected chi connectivity index (χ1v) is 6.35. The maximum Gasteiger partial charge on any atom is 0.125 e. The minimum absolute atomic E-state index is 0.333. The molecule has 0 unspecified atom stereocenters. The second-order valence-corrected chi connectivity index (χ2v) is 4.58. The summed E-state index contributed by atoms with van der Waals surface area (Å²) in [6.45, 7) is 0.587. The van der Waals surface area contributed by atoms with Crippen molar-refractivity contribution in [2.75, 3.05) is 11.1 Å². The van der Waals surface area contributed by atoms with Gasteiger partial charge in [0.25, 0.3) is 0 Å². The number of nitrogens with zero attached hydrogens (tertiary/aromatic N) is 1. The molecule has 0 amide bonds. The van der Waals surface area contributed by atoms with Crippen molar-refractivity contribution in [2.24, 2.45) is 0 Å². The largest absolute Gasteiger partial charge is 0.397 e. The van der Waals surface area contributed by atoms with Crippen LogP contribution < -0.4 is 11.1 Å². The van der Waals surface area contributed by atoms with E-state index in [1.165, 1.54) is 12.1 Å². The highest BCUT2D eigenvalue weighted by Gasteiger charge is 2.04. The normalized spacial score (nSPS) is 10.7. The molecular weight excluding hydrogens is 253 g/mol. The fraction of sp³-hybridized carbons (Fsp3) is 0.0625. The highest BCUT2D eigenvalue weighted by atomic mass is 19.1. The summed E-state index contributed by atoms with van der Waals surface area (Å²) in [5.74, 6) is -0.333. The van der Waals surface area contributed by atoms with E-state index in [0.717, 1.165) is 22.2 Å². The van der Waals surface area contributed by atoms with Gasteiger partial charge in [0.05, 0.1) is 16.9 Å². The minimum atomic E-state index is -0.333. The number of hydrogen-bond donors (Lipinski definition) is 2. The smallest absolute Gasteiger partial charge is 0.125 e. The van der Waals surface area contributed by atoms with Crippen LogP contribution in [0.15, 0.2) is 54.7 Å². The van der Waals surface area contributed by atoms with Crippen molar-refractivity contribution in [3.63, 3.8) is 0 Å². The standard InChI is InChI=1S/C16H14FN3/c17-13-6-7-15(14(18)9-13)20-10-12-4-1-3-11-5-2-8-19-16(11)12/h1-9,20H,10,18H2. The van der Waals surface area contributed by atoms with Crippen molar-refractivity contribution in [2.45, 2.75) is 6.54 Å². The minimum Gasteiger partial charge on any atom is -0.397 e. The van der Waals surface area contributed by atoms with E-state index in [2.05, 4.69) is 10.3 Å². The maximum atomic E-state index is 13.0. The Labute approximate surface area is 116 Å². The average Bonchev–Trinajstić information content (AvgIpc) is 2.46. The molecule has 0 saturated heterocycles. The van der Waals surface area contributed by atoms with Gasteiger partial charge in [-0.3, -0.25) is 4.98 Å². The van der Waals surface area contributed by atoms with Gasteiger partial charge in [-0.15, -0.1) is 0 Å². The van der Waals surface area contributed by atoms with E-state index in [9.17, 15) is 4.39 Å². The van der Waals surface area contributed by atoms with Crippen molar-refractivity contribution in [1.82, 2.24) is 4.98 Å². The van der Waals surface area contributed by atoms with Gasteiger partial charge in [-0.1, -0.05) is 24.3 Å². The summed E-state index contributed by atoms with van der Waals surface area (Å²) in [7, 11) is 0. The lowest BCUT2D eigenvalue weighted by atomic mass is 10.1. The van der Waals surface area contributed by atoms with Crippen molar-refractivity contribution in [3.05, 3.63) is 66.1 Å². The molecule has 0 aliphatic heterocycles. The number of hydrogen-bond acceptors (Lipinski definition) is 3. The van der Waals surface area contributed by atoms with Crippen LogP contribution in [-0.2, 0) is 6.54 Å². The lowest BCUT2D eigenvalue weighted by molar-refractivity contribution is 0.628. The highest BCUT2D eigenvalue weighted by Crippen LogP contribution is 2.22. The molecule has 3 N–H and O–H groups in total. The average molecular weight is 267 g/mol. The Bertz CT molecular complexity index is 750. The molecule has 0 bridgehead atoms. The molecule has 0 radical (unpaired) electrons. The number of halogens is 1. The first-order valence-electron chi connectivity index (χ1n) is 6.35. The third kappa shape index (κ3) is 2.40. The molecule has 20 heavy (non-hydrogen) atoms. The molecule has 0 saturated carbocycles. The molecule has 0 fully saturated rings. The van der Waals surface area contributed by atoms with Crippen molar-refractivity contribution >= 4 is 22.3 Å². The fourth-order valence-corrected chi connectivity index (χ4v) is 2.20. The number of pyridine rings is 1. The lowest BCUT2D eigenvalue weighted by Crippen LogP contribution is -2.03. The number of nitrogen functional groups attached to an aromatic ring is 1. The molecule has 3 aromatic rings. The molecule has 0 atom stereocenters. The van der Waals surface area contributed by atoms with E-state index in [0.29, 0.717) is 12.2 Å². The zero-order valence-corrected chi connectivity index (χ0v) is 10.8. The SMILES string of the molecule is Nc1cc(F)ccc1NCc1cccc2cccnc12. The van der Waals surface area contributed by atoms with E-state index in [4.69, 9.17) is 5.73 Å². The fourth-order valence-electron chi connectivity index (χ4n) is 2.20. The number of para-hydroxylation sites is 1. The van der Waals surface area contributed by atoms with Gasteiger partial charge in [0.15, 0.2) is 0 Å². The summed E-state index contributed by atoms with van der Waals surface area (Å²) < 4.78 is 13.0. The molecule has 0 aliphatic carbocycles. The van der Waals surface area contributed by atoms with Crippen LogP contribution in [0.2, 0.25) is 0 Å². The second-order valence-electron chi connectivity index (χ2n) is 4.58. The van der Waals surface area contributed by atoms with Crippen LogP contribution in [0.1, 0.15) is 5.56 Å². The monoisotopic (exact) mass is 267 g/mol. The van der Waals surface area contributed by atoms with Crippen LogP contribution in [0.3, 0.4) is 0 Å². The summed E-state index contributed by atoms with van der Waals surface area (Å²) >= 11 is 0. The summed E-state index contributed by atoms with van der Waals surface area (Å²) in [4.78, 5) is 4.40. The summed E-state index contributed by atoms with van der Waals surface area (Å²) in [5, 5.41) is 4.31. The Hall–Kier alpha value is -2.62. The lowest BCUT2D eigenvalue weighted by Gasteiger charge is -2.10. The Morgan fingerprint density at radius 2 is 1.95 bits per heavy atom. The molecule has 2 aromatic carbocycles. The van der Waals surface area contributed by atoms with Gasteiger partial charge in [-0.25, -0.2) is 4.39 Å². The molecule has 1 heterocycles. The van der Waals surface area contributed by atoms with Crippen molar-refractivity contribution in [3.8, 4) is 0 Å². The summed E-state index contributed by atoms with van der Waals surface area (Å²) in [6, 6.07) is 14.3. The molecule has 0 spiro atoms. The number of nitrogens with two attached hydrogens (primary N) is 1. The van der Waals surface area contributed by atoms with E-state index in [1.807, 2.05) is 30.3 Å². The van der Waals surface area contributed by atoms with Crippen molar-refractivity contribution in [1.29, 1.82) is 0 Å². The van der Waals surface area contributed by atoms with Crippen LogP contribution in [0.25, 0.3) is 10.9 Å². The number of aromatic nitrogens is 1. The first-order chi connectivity index (χ1) is 9.74. The number of fused-ring (bicyclic) bond motifs is 1. The Balaban J connectivity index is 1.87. The van der Waals surface area contributed by atoms with Gasteiger partial charge in [0.1, 0.15) is 5.82 Å². The molecule has 1 aromatic heterocycles. The quantitative estimate of drug-likeness (QED) is 0.713. The first kappa shape index (κ1) is 12.4. The van der Waals surface area contributed by atoms with E-state index < -0.39 is 0 Å². The van der Waals surface area contributed by atoms with Crippen LogP contribution >= 0.6 is 0 Å². The van der Waals surface area contributed by atoms with Crippen LogP contribution in [0.4, 0.5) is 15.8 Å². The predicted molar refractivity (Wildman–Crippen MR) is 79.9 cm³/mol. The zero-order chi connectivity index (χ0) is 13.9. The Morgan fingerprint density at radius 3 is 2.80 bits per heavy atom. The molecule has 0 aliphatic rings. The van der Waals surface area contributed by atoms with E-state index >= 15 is 0 Å². The van der Waals surface area contributed by atoms with Gasteiger partial charge in [0, 0.05) is 18.1 Å². The van der Waals surface area contributed by atoms with Crippen LogP contribution in [0.5, 0.6) is 0 Å². The Kier molecular flexibility index (Phi) is 3.21. The number of rotatable bonds is 3. The summed E-state index contributed by atoms with van der Waals surface area (Å²) in [6.07, 6.45) is 1.78. The predicted octanol–water partition coefficient (Wildman–Crippen LogP) is 3.57. The molecule has 3 nitrogen and oxygen atoms in total. The third-order valence-corrected chi connectivity index (χ3v) is 3.20. The molecule has 4 heteroatoms. The molecule has 3 rings (SSSR count). The maximum absolute atomic E-state index is 13.0. The van der Waals surface area contributed by atoms with Gasteiger partial charge < -0.3 is 11.1 Å². The number of benzene rings is 2. The van der Waals surface area contributed by atoms with Gasteiger partial charge in [-0.05, 0) is 29.8 Å². The van der Waals surface area contributed by atoms with E-state index in [-0.39, 0.29) is 5.82 Å². The zero-order valence-electron chi connectivity index (χ0n) is 10.8. The third-order valence-electron chi connectivity index (χ3n) is 3.20. The topological polar surface area (TPSA) is 50.9 Å². The highest BCUT2D eigenvalue weighted by molar-refractivity contribution is 5.82.